The van der Waals surface area contributed by atoms with E-state index in [9.17, 15) is 10.1 Å². The van der Waals surface area contributed by atoms with Crippen molar-refractivity contribution in [1.29, 1.82) is 5.26 Å². The Morgan fingerprint density at radius 3 is 2.27 bits per heavy atom. The van der Waals surface area contributed by atoms with Gasteiger partial charge in [-0.15, -0.1) is 11.3 Å². The number of benzene rings is 3. The number of nitriles is 1. The summed E-state index contributed by atoms with van der Waals surface area (Å²) in [5.74, 6) is -0.237. The van der Waals surface area contributed by atoms with Gasteiger partial charge in [0.05, 0.1) is 17.2 Å². The van der Waals surface area contributed by atoms with E-state index in [4.69, 9.17) is 4.98 Å². The van der Waals surface area contributed by atoms with Crippen molar-refractivity contribution in [2.45, 2.75) is 31.1 Å². The largest absolute Gasteiger partial charge is 0.301 e. The second kappa shape index (κ2) is 9.22. The van der Waals surface area contributed by atoms with Crippen LogP contribution in [0.1, 0.15) is 52.8 Å². The summed E-state index contributed by atoms with van der Waals surface area (Å²) in [6.45, 7) is 2.00. The maximum Gasteiger partial charge on any atom is 0.233 e. The molecule has 5 aromatic rings. The summed E-state index contributed by atoms with van der Waals surface area (Å²) in [7, 11) is 0. The monoisotopic (exact) mass is 539 g/mol. The highest BCUT2D eigenvalue weighted by molar-refractivity contribution is 7.13. The van der Waals surface area contributed by atoms with Crippen molar-refractivity contribution in [3.8, 4) is 17.2 Å². The van der Waals surface area contributed by atoms with Crippen LogP contribution in [-0.2, 0) is 16.6 Å². The van der Waals surface area contributed by atoms with Gasteiger partial charge in [0, 0.05) is 35.7 Å². The Labute approximate surface area is 236 Å². The van der Waals surface area contributed by atoms with Crippen LogP contribution in [0.2, 0.25) is 0 Å². The molecule has 7 heteroatoms. The fourth-order valence-electron chi connectivity index (χ4n) is 6.65. The first kappa shape index (κ1) is 24.4. The molecule has 0 radical (unpaired) electrons. The third kappa shape index (κ3) is 3.68. The highest BCUT2D eigenvalue weighted by Gasteiger charge is 2.61. The van der Waals surface area contributed by atoms with Gasteiger partial charge >= 0.3 is 0 Å². The lowest BCUT2D eigenvalue weighted by Crippen LogP contribution is -2.53. The van der Waals surface area contributed by atoms with Crippen molar-refractivity contribution in [1.82, 2.24) is 15.0 Å². The summed E-state index contributed by atoms with van der Waals surface area (Å²) in [6.07, 6.45) is 6.21. The van der Waals surface area contributed by atoms with Gasteiger partial charge in [0.2, 0.25) is 5.91 Å². The van der Waals surface area contributed by atoms with Crippen LogP contribution in [0.5, 0.6) is 0 Å². The third-order valence-electron chi connectivity index (χ3n) is 8.45. The van der Waals surface area contributed by atoms with Gasteiger partial charge in [-0.05, 0) is 46.7 Å². The van der Waals surface area contributed by atoms with E-state index >= 15 is 0 Å². The lowest BCUT2D eigenvalue weighted by Gasteiger charge is -2.54. The lowest BCUT2D eigenvalue weighted by atomic mass is 9.47. The number of amides is 1. The number of hydrogen-bond donors (Lipinski definition) is 1. The molecule has 6 nitrogen and oxygen atoms in total. The fourth-order valence-corrected chi connectivity index (χ4v) is 7.35. The molecular weight excluding hydrogens is 514 g/mol. The smallest absolute Gasteiger partial charge is 0.233 e. The topological polar surface area (TPSA) is 91.6 Å². The van der Waals surface area contributed by atoms with E-state index in [1.54, 1.807) is 12.4 Å². The third-order valence-corrected chi connectivity index (χ3v) is 9.25. The van der Waals surface area contributed by atoms with E-state index < -0.39 is 10.8 Å². The Balaban J connectivity index is 1.14. The van der Waals surface area contributed by atoms with Gasteiger partial charge in [0.15, 0.2) is 5.13 Å². The fraction of sp³-hybridized carbons (Fsp3) is 0.182. The summed E-state index contributed by atoms with van der Waals surface area (Å²) < 4.78 is 0. The maximum atomic E-state index is 14.0. The molecule has 194 valence electrons. The molecule has 0 fully saturated rings. The molecule has 0 saturated heterocycles. The van der Waals surface area contributed by atoms with E-state index in [-0.39, 0.29) is 11.8 Å². The number of carbonyl (C=O) groups is 1. The number of nitrogens with one attached hydrogen (secondary N) is 1. The van der Waals surface area contributed by atoms with Gasteiger partial charge in [-0.25, -0.2) is 15.0 Å². The molecule has 1 atom stereocenters. The molecule has 2 bridgehead atoms. The molecular formula is C33H25N5OS. The van der Waals surface area contributed by atoms with E-state index in [1.807, 2.05) is 48.7 Å². The number of nitrogens with zero attached hydrogens (tertiary/aromatic N) is 4. The van der Waals surface area contributed by atoms with Crippen LogP contribution in [0.15, 0.2) is 96.9 Å². The summed E-state index contributed by atoms with van der Waals surface area (Å²) in [5, 5.41) is 16.3. The summed E-state index contributed by atoms with van der Waals surface area (Å²) in [4.78, 5) is 27.0. The standard InChI is InChI=1S/C33H25N5OS/c1-32(18-33(19-34)27-8-4-2-6-25(27)29(32)26-7-3-5-9-28(26)33)30(39)38-31-37-24(17-40-31)14-21-10-12-22(13-11-21)23-15-35-20-36-16-23/h2-13,15-17,20,29H,14,18H2,1H3,(H,37,38,39). The average molecular weight is 540 g/mol. The summed E-state index contributed by atoms with van der Waals surface area (Å²) >= 11 is 1.43. The normalized spacial score (nSPS) is 22.1. The van der Waals surface area contributed by atoms with Crippen molar-refractivity contribution < 1.29 is 4.79 Å². The van der Waals surface area contributed by atoms with Crippen molar-refractivity contribution in [3.63, 3.8) is 0 Å². The number of aromatic nitrogens is 3. The van der Waals surface area contributed by atoms with Crippen LogP contribution in [0, 0.1) is 16.7 Å². The Kier molecular flexibility index (Phi) is 5.62. The van der Waals surface area contributed by atoms with Crippen molar-refractivity contribution in [2.75, 3.05) is 5.32 Å². The number of carbonyl (C=O) groups excluding carboxylic acids is 1. The predicted octanol–water partition coefficient (Wildman–Crippen LogP) is 6.49. The second-order valence-electron chi connectivity index (χ2n) is 10.8. The Morgan fingerprint density at radius 2 is 1.62 bits per heavy atom. The molecule has 40 heavy (non-hydrogen) atoms. The SMILES string of the molecule is CC1(C(=O)Nc2nc(Cc3ccc(-c4cncnc4)cc3)cs2)CC2(C#N)c3ccccc3C1c1ccccc12. The number of anilines is 1. The van der Waals surface area contributed by atoms with Crippen molar-refractivity contribution in [3.05, 3.63) is 130 Å². The molecule has 2 heterocycles. The van der Waals surface area contributed by atoms with Gasteiger partial charge in [0.25, 0.3) is 0 Å². The average Bonchev–Trinajstić information content (AvgIpc) is 3.44. The van der Waals surface area contributed by atoms with Gasteiger partial charge < -0.3 is 5.32 Å². The zero-order valence-corrected chi connectivity index (χ0v) is 22.7. The quantitative estimate of drug-likeness (QED) is 0.275. The van der Waals surface area contributed by atoms with E-state index in [2.05, 4.69) is 57.8 Å². The first-order valence-electron chi connectivity index (χ1n) is 13.2. The van der Waals surface area contributed by atoms with Crippen LogP contribution in [0.4, 0.5) is 5.13 Å². The molecule has 8 rings (SSSR count). The highest BCUT2D eigenvalue weighted by Crippen LogP contribution is 2.63. The molecule has 2 aromatic heterocycles. The van der Waals surface area contributed by atoms with Crippen LogP contribution in [-0.4, -0.2) is 20.9 Å². The zero-order chi connectivity index (χ0) is 27.3. The number of thiazole rings is 1. The molecule has 1 N–H and O–H groups in total. The number of rotatable bonds is 5. The zero-order valence-electron chi connectivity index (χ0n) is 21.8. The van der Waals surface area contributed by atoms with E-state index in [0.29, 0.717) is 18.0 Å². The van der Waals surface area contributed by atoms with Crippen LogP contribution < -0.4 is 5.32 Å². The minimum absolute atomic E-state index is 0.100. The minimum Gasteiger partial charge on any atom is -0.301 e. The molecule has 3 aromatic carbocycles. The molecule has 1 amide bonds. The Bertz CT molecular complexity index is 1740. The molecule has 0 spiro atoms. The highest BCUT2D eigenvalue weighted by atomic mass is 32.1. The van der Waals surface area contributed by atoms with Crippen LogP contribution in [0.25, 0.3) is 11.1 Å². The first-order chi connectivity index (χ1) is 19.5. The predicted molar refractivity (Wildman–Crippen MR) is 155 cm³/mol. The number of hydrogen-bond acceptors (Lipinski definition) is 6. The number of fused-ring (bicyclic) bond motifs is 1. The Hall–Kier alpha value is -4.67. The van der Waals surface area contributed by atoms with E-state index in [0.717, 1.165) is 44.6 Å². The van der Waals surface area contributed by atoms with Crippen LogP contribution >= 0.6 is 11.3 Å². The molecule has 3 aliphatic rings. The minimum atomic E-state index is -0.861. The second-order valence-corrected chi connectivity index (χ2v) is 11.7. The summed E-state index contributed by atoms with van der Waals surface area (Å²) in [6, 6.07) is 27.1. The van der Waals surface area contributed by atoms with Crippen LogP contribution in [0.3, 0.4) is 0 Å². The van der Waals surface area contributed by atoms with Crippen molar-refractivity contribution >= 4 is 22.4 Å². The molecule has 1 unspecified atom stereocenters. The van der Waals surface area contributed by atoms with Crippen molar-refractivity contribution in [2.24, 2.45) is 5.41 Å². The molecule has 0 saturated carbocycles. The lowest BCUT2D eigenvalue weighted by molar-refractivity contribution is -0.127. The van der Waals surface area contributed by atoms with Gasteiger partial charge in [0.1, 0.15) is 11.7 Å². The van der Waals surface area contributed by atoms with Gasteiger partial charge in [-0.3, -0.25) is 4.79 Å². The van der Waals surface area contributed by atoms with E-state index in [1.165, 1.54) is 17.7 Å². The first-order valence-corrected chi connectivity index (χ1v) is 14.1. The molecule has 0 aliphatic heterocycles. The summed E-state index contributed by atoms with van der Waals surface area (Å²) in [5.41, 5.74) is 6.57. The van der Waals surface area contributed by atoms with Gasteiger partial charge in [-0.1, -0.05) is 72.8 Å². The molecule has 3 aliphatic carbocycles. The Morgan fingerprint density at radius 1 is 0.975 bits per heavy atom. The maximum absolute atomic E-state index is 14.0. The van der Waals surface area contributed by atoms with Gasteiger partial charge in [-0.2, -0.15) is 5.26 Å².